The molecule has 2 heterocycles. The molecule has 304 valence electrons. The van der Waals surface area contributed by atoms with Crippen molar-refractivity contribution in [2.45, 2.75) is 123 Å². The minimum Gasteiger partial charge on any atom is -0.489 e. The average molecular weight is 783 g/mol. The van der Waals surface area contributed by atoms with Crippen molar-refractivity contribution in [2.24, 2.45) is 0 Å². The Morgan fingerprint density at radius 1 is 0.679 bits per heavy atom. The van der Waals surface area contributed by atoms with Gasteiger partial charge in [-0.1, -0.05) is 76.5 Å². The van der Waals surface area contributed by atoms with Crippen LogP contribution in [-0.4, -0.2) is 73.8 Å². The van der Waals surface area contributed by atoms with Gasteiger partial charge in [-0.25, -0.2) is 9.59 Å². The minimum atomic E-state index is -1.53. The number of hydrogen-bond acceptors (Lipinski definition) is 15. The lowest BCUT2D eigenvalue weighted by atomic mass is 9.98. The lowest BCUT2D eigenvalue weighted by Crippen LogP contribution is -2.63. The van der Waals surface area contributed by atoms with Gasteiger partial charge in [0.2, 0.25) is 12.4 Å². The van der Waals surface area contributed by atoms with Crippen LogP contribution in [0.2, 0.25) is 0 Å². The van der Waals surface area contributed by atoms with Crippen LogP contribution in [0.5, 0.6) is 17.2 Å². The molecule has 1 saturated heterocycles. The second-order valence-corrected chi connectivity index (χ2v) is 13.3. The molecule has 2 aromatic carbocycles. The Morgan fingerprint density at radius 3 is 1.91 bits per heavy atom. The molecule has 1 aromatic heterocycles. The van der Waals surface area contributed by atoms with Crippen molar-refractivity contribution < 1.29 is 66.3 Å². The first-order valence-corrected chi connectivity index (χ1v) is 18.9. The van der Waals surface area contributed by atoms with E-state index < -0.39 is 78.5 Å². The van der Waals surface area contributed by atoms with Gasteiger partial charge in [0, 0.05) is 33.8 Å². The fourth-order valence-corrected chi connectivity index (χ4v) is 6.17. The normalized spacial score (nSPS) is 19.1. The topological polar surface area (TPSA) is 189 Å². The van der Waals surface area contributed by atoms with Gasteiger partial charge in [0.25, 0.3) is 5.75 Å². The monoisotopic (exact) mass is 782 g/mol. The van der Waals surface area contributed by atoms with E-state index in [0.29, 0.717) is 6.42 Å². The highest BCUT2D eigenvalue weighted by Crippen LogP contribution is 2.37. The number of carbonyl (C=O) groups is 5. The molecule has 0 bridgehead atoms. The highest BCUT2D eigenvalue weighted by Gasteiger charge is 2.53. The van der Waals surface area contributed by atoms with Gasteiger partial charge in [-0.3, -0.25) is 19.2 Å². The van der Waals surface area contributed by atoms with Crippen molar-refractivity contribution in [3.8, 4) is 17.2 Å². The second-order valence-electron chi connectivity index (χ2n) is 13.3. The highest BCUT2D eigenvalue weighted by molar-refractivity contribution is 5.93. The van der Waals surface area contributed by atoms with E-state index in [1.807, 2.05) is 0 Å². The van der Waals surface area contributed by atoms with E-state index in [1.165, 1.54) is 50.3 Å². The number of benzene rings is 2. The van der Waals surface area contributed by atoms with Gasteiger partial charge in [-0.15, -0.1) is 0 Å². The molecule has 56 heavy (non-hydrogen) atoms. The number of ether oxygens (including phenoxy) is 8. The summed E-state index contributed by atoms with van der Waals surface area (Å²) in [6.45, 7) is 6.45. The summed E-state index contributed by atoms with van der Waals surface area (Å²) < 4.78 is 51.0. The first-order valence-electron chi connectivity index (χ1n) is 18.9. The van der Waals surface area contributed by atoms with E-state index in [9.17, 15) is 28.8 Å². The summed E-state index contributed by atoms with van der Waals surface area (Å²) in [5.74, 6) is -4.24. The molecule has 4 rings (SSSR count). The van der Waals surface area contributed by atoms with Gasteiger partial charge in [-0.05, 0) is 30.7 Å². The third kappa shape index (κ3) is 12.8. The maximum Gasteiger partial charge on any atom is 0.383 e. The number of fused-ring (bicyclic) bond motifs is 1. The summed E-state index contributed by atoms with van der Waals surface area (Å²) in [6, 6.07) is 12.5. The fourth-order valence-electron chi connectivity index (χ4n) is 6.17. The smallest absolute Gasteiger partial charge is 0.383 e. The molecule has 1 aliphatic heterocycles. The Hall–Kier alpha value is -5.44. The van der Waals surface area contributed by atoms with Crippen molar-refractivity contribution in [1.82, 2.24) is 0 Å². The number of esters is 5. The molecular formula is C41H50O15. The zero-order chi connectivity index (χ0) is 40.6. The summed E-state index contributed by atoms with van der Waals surface area (Å²) in [5, 5.41) is 0.283. The SMILES string of the molecule is CCCCCCCCCCCOc1c(OC(=O)c2ccccc2)c(=O)oc2cc(O[C@@H]3O[C@H](COC(C)=O)[C@@H](OC(C)=O)[C@H](OC(C)=O)[C@H]3OC(C)=O)ccc12. The molecule has 0 saturated carbocycles. The van der Waals surface area contributed by atoms with Crippen LogP contribution in [0.25, 0.3) is 11.0 Å². The maximum absolute atomic E-state index is 13.4. The van der Waals surface area contributed by atoms with Crippen molar-refractivity contribution in [3.05, 3.63) is 64.5 Å². The van der Waals surface area contributed by atoms with Crippen LogP contribution in [0.3, 0.4) is 0 Å². The van der Waals surface area contributed by atoms with Crippen LogP contribution >= 0.6 is 0 Å². The van der Waals surface area contributed by atoms with Gasteiger partial charge in [0.05, 0.1) is 17.6 Å². The van der Waals surface area contributed by atoms with Crippen molar-refractivity contribution in [3.63, 3.8) is 0 Å². The van der Waals surface area contributed by atoms with Gasteiger partial charge in [0.15, 0.2) is 18.0 Å². The predicted octanol–water partition coefficient (Wildman–Crippen LogP) is 6.38. The van der Waals surface area contributed by atoms with E-state index in [2.05, 4.69) is 6.92 Å². The number of carbonyl (C=O) groups excluding carboxylic acids is 5. The summed E-state index contributed by atoms with van der Waals surface area (Å²) >= 11 is 0. The second kappa shape index (κ2) is 21.6. The fraction of sp³-hybridized carbons (Fsp3) is 0.512. The lowest BCUT2D eigenvalue weighted by Gasteiger charge is -2.43. The van der Waals surface area contributed by atoms with Crippen LogP contribution < -0.4 is 19.8 Å². The van der Waals surface area contributed by atoms with E-state index >= 15 is 0 Å². The lowest BCUT2D eigenvalue weighted by molar-refractivity contribution is -0.288. The molecule has 5 atom stereocenters. The molecule has 1 aliphatic rings. The van der Waals surface area contributed by atoms with E-state index in [0.717, 1.165) is 47.0 Å². The third-order valence-corrected chi connectivity index (χ3v) is 8.69. The van der Waals surface area contributed by atoms with Gasteiger partial charge >= 0.3 is 35.5 Å². The summed E-state index contributed by atoms with van der Waals surface area (Å²) in [7, 11) is 0. The standard InChI is InChI=1S/C41H50O15/c1-6-7-8-9-10-11-12-13-17-22-48-34-31-21-20-30(23-32(31)54-40(47)37(34)56-39(46)29-18-15-14-16-19-29)53-41-38(52-28(5)45)36(51-27(4)44)35(50-26(3)43)33(55-41)24-49-25(2)42/h14-16,18-21,23,33,35-36,38,41H,6-13,17,22,24H2,1-5H3/t33-,35-,36+,38-,41-/m1/s1. The number of rotatable bonds is 20. The third-order valence-electron chi connectivity index (χ3n) is 8.69. The first kappa shape index (κ1) is 43.3. The Kier molecular flexibility index (Phi) is 16.7. The largest absolute Gasteiger partial charge is 0.489 e. The van der Waals surface area contributed by atoms with Crippen LogP contribution in [-0.2, 0) is 42.9 Å². The molecule has 0 unspecified atom stereocenters. The summed E-state index contributed by atoms with van der Waals surface area (Å²) in [5.41, 5.74) is -0.793. The molecule has 0 spiro atoms. The van der Waals surface area contributed by atoms with Gasteiger partial charge < -0.3 is 42.3 Å². The molecule has 0 radical (unpaired) electrons. The van der Waals surface area contributed by atoms with Crippen LogP contribution in [0.1, 0.15) is 103 Å². The van der Waals surface area contributed by atoms with Gasteiger partial charge in [0.1, 0.15) is 24.0 Å². The van der Waals surface area contributed by atoms with Crippen LogP contribution in [0, 0.1) is 0 Å². The molecule has 0 N–H and O–H groups in total. The van der Waals surface area contributed by atoms with E-state index in [-0.39, 0.29) is 34.6 Å². The van der Waals surface area contributed by atoms with Crippen LogP contribution in [0.4, 0.5) is 0 Å². The molecule has 15 heteroatoms. The molecular weight excluding hydrogens is 732 g/mol. The summed E-state index contributed by atoms with van der Waals surface area (Å²) in [4.78, 5) is 74.8. The van der Waals surface area contributed by atoms with Gasteiger partial charge in [-0.2, -0.15) is 0 Å². The maximum atomic E-state index is 13.4. The Morgan fingerprint density at radius 2 is 1.29 bits per heavy atom. The predicted molar refractivity (Wildman–Crippen MR) is 199 cm³/mol. The molecule has 0 aliphatic carbocycles. The minimum absolute atomic E-state index is 0.000978. The van der Waals surface area contributed by atoms with Crippen molar-refractivity contribution in [2.75, 3.05) is 13.2 Å². The Bertz CT molecular complexity index is 1850. The molecule has 1 fully saturated rings. The van der Waals surface area contributed by atoms with Crippen molar-refractivity contribution in [1.29, 1.82) is 0 Å². The average Bonchev–Trinajstić information content (AvgIpc) is 3.14. The number of unbranched alkanes of at least 4 members (excludes halogenated alkanes) is 8. The Balaban J connectivity index is 1.65. The molecule has 15 nitrogen and oxygen atoms in total. The van der Waals surface area contributed by atoms with Crippen molar-refractivity contribution >= 4 is 40.8 Å². The summed E-state index contributed by atoms with van der Waals surface area (Å²) in [6.07, 6.45) is 2.70. The molecule has 3 aromatic rings. The zero-order valence-electron chi connectivity index (χ0n) is 32.4. The zero-order valence-corrected chi connectivity index (χ0v) is 32.4. The van der Waals surface area contributed by atoms with E-state index in [4.69, 9.17) is 42.3 Å². The quantitative estimate of drug-likeness (QED) is 0.0531. The first-order chi connectivity index (χ1) is 26.9. The highest BCUT2D eigenvalue weighted by atomic mass is 16.7. The number of hydrogen-bond donors (Lipinski definition) is 0. The Labute approximate surface area is 324 Å². The van der Waals surface area contributed by atoms with Crippen LogP contribution in [0.15, 0.2) is 57.7 Å². The van der Waals surface area contributed by atoms with E-state index in [1.54, 1.807) is 30.3 Å². The molecule has 0 amide bonds.